The molecular weight excluding hydrogens is 295 g/mol. The quantitative estimate of drug-likeness (QED) is 0.926. The van der Waals surface area contributed by atoms with Gasteiger partial charge >= 0.3 is 12.1 Å². The van der Waals surface area contributed by atoms with Crippen LogP contribution in [0, 0.1) is 0 Å². The molecule has 0 spiro atoms. The zero-order valence-corrected chi connectivity index (χ0v) is 12.0. The van der Waals surface area contributed by atoms with Gasteiger partial charge < -0.3 is 10.0 Å². The molecule has 2 rings (SSSR count). The van der Waals surface area contributed by atoms with Gasteiger partial charge in [-0.1, -0.05) is 36.4 Å². The fourth-order valence-corrected chi connectivity index (χ4v) is 2.36. The number of hydrogen-bond acceptors (Lipinski definition) is 2. The molecule has 6 heteroatoms. The van der Waals surface area contributed by atoms with Gasteiger partial charge in [0.15, 0.2) is 0 Å². The van der Waals surface area contributed by atoms with Crippen molar-refractivity contribution in [3.63, 3.8) is 0 Å². The molecule has 0 aliphatic rings. The van der Waals surface area contributed by atoms with Crippen molar-refractivity contribution in [1.82, 2.24) is 0 Å². The normalized spacial score (nSPS) is 11.3. The van der Waals surface area contributed by atoms with Gasteiger partial charge in [-0.2, -0.15) is 13.2 Å². The number of hydrogen-bond donors (Lipinski definition) is 1. The molecule has 22 heavy (non-hydrogen) atoms. The highest BCUT2D eigenvalue weighted by molar-refractivity contribution is 6.03. The van der Waals surface area contributed by atoms with Crippen LogP contribution in [0.25, 0.3) is 11.1 Å². The zero-order chi connectivity index (χ0) is 16.5. The molecule has 0 saturated heterocycles. The summed E-state index contributed by atoms with van der Waals surface area (Å²) in [7, 11) is 2.79. The number of aromatic carboxylic acids is 1. The van der Waals surface area contributed by atoms with Crippen molar-refractivity contribution >= 4 is 11.7 Å². The smallest absolute Gasteiger partial charge is 0.418 e. The minimum absolute atomic E-state index is 0.254. The average molecular weight is 309 g/mol. The van der Waals surface area contributed by atoms with Crippen LogP contribution in [0.1, 0.15) is 15.9 Å². The lowest BCUT2D eigenvalue weighted by molar-refractivity contribution is -0.137. The second-order valence-electron chi connectivity index (χ2n) is 4.95. The highest BCUT2D eigenvalue weighted by Gasteiger charge is 2.37. The number of carboxylic acid groups (broad SMARTS) is 1. The Morgan fingerprint density at radius 1 is 1.05 bits per heavy atom. The van der Waals surface area contributed by atoms with E-state index < -0.39 is 17.7 Å². The molecule has 0 aliphatic carbocycles. The van der Waals surface area contributed by atoms with Crippen LogP contribution in [0.2, 0.25) is 0 Å². The molecule has 0 aliphatic heterocycles. The van der Waals surface area contributed by atoms with Crippen LogP contribution in [0.4, 0.5) is 18.9 Å². The first-order valence-electron chi connectivity index (χ1n) is 6.43. The largest absolute Gasteiger partial charge is 0.478 e. The second-order valence-corrected chi connectivity index (χ2v) is 4.95. The van der Waals surface area contributed by atoms with Gasteiger partial charge in [0.05, 0.1) is 16.8 Å². The third-order valence-corrected chi connectivity index (χ3v) is 3.23. The Morgan fingerprint density at radius 2 is 1.64 bits per heavy atom. The average Bonchev–Trinajstić information content (AvgIpc) is 2.45. The van der Waals surface area contributed by atoms with Gasteiger partial charge in [-0.3, -0.25) is 0 Å². The predicted molar refractivity (Wildman–Crippen MR) is 78.2 cm³/mol. The van der Waals surface area contributed by atoms with Gasteiger partial charge in [0.2, 0.25) is 0 Å². The molecule has 0 atom stereocenters. The third kappa shape index (κ3) is 2.90. The van der Waals surface area contributed by atoms with Crippen molar-refractivity contribution in [1.29, 1.82) is 0 Å². The Bertz CT molecular complexity index is 695. The molecule has 3 nitrogen and oxygen atoms in total. The van der Waals surface area contributed by atoms with Crippen LogP contribution in [0.3, 0.4) is 0 Å². The molecule has 116 valence electrons. The molecule has 2 aromatic rings. The van der Waals surface area contributed by atoms with Crippen LogP contribution >= 0.6 is 0 Å². The van der Waals surface area contributed by atoms with Crippen LogP contribution in [0.15, 0.2) is 42.5 Å². The fraction of sp³-hybridized carbons (Fsp3) is 0.188. The van der Waals surface area contributed by atoms with E-state index in [1.165, 1.54) is 25.1 Å². The van der Waals surface area contributed by atoms with Crippen molar-refractivity contribution in [2.24, 2.45) is 0 Å². The zero-order valence-electron chi connectivity index (χ0n) is 12.0. The Balaban J connectivity index is 2.84. The summed E-state index contributed by atoms with van der Waals surface area (Å²) in [6, 6.07) is 10.6. The van der Waals surface area contributed by atoms with Crippen molar-refractivity contribution < 1.29 is 23.1 Å². The van der Waals surface area contributed by atoms with Crippen LogP contribution < -0.4 is 4.90 Å². The van der Waals surface area contributed by atoms with Crippen LogP contribution in [-0.2, 0) is 6.18 Å². The van der Waals surface area contributed by atoms with Crippen molar-refractivity contribution in [2.75, 3.05) is 19.0 Å². The number of rotatable bonds is 3. The molecule has 0 aromatic heterocycles. The Kier molecular flexibility index (Phi) is 4.12. The lowest BCUT2D eigenvalue weighted by atomic mass is 9.94. The highest BCUT2D eigenvalue weighted by atomic mass is 19.4. The summed E-state index contributed by atoms with van der Waals surface area (Å²) >= 11 is 0. The monoisotopic (exact) mass is 309 g/mol. The molecule has 2 aromatic carbocycles. The summed E-state index contributed by atoms with van der Waals surface area (Å²) in [4.78, 5) is 12.8. The number of carbonyl (C=O) groups is 1. The van der Waals surface area contributed by atoms with Gasteiger partial charge in [-0.05, 0) is 17.2 Å². The SMILES string of the molecule is CN(C)c1c(C(F)(F)F)ccc(-c2ccccc2)c1C(=O)O. The van der Waals surface area contributed by atoms with Crippen LogP contribution in [0.5, 0.6) is 0 Å². The van der Waals surface area contributed by atoms with Crippen molar-refractivity contribution in [3.8, 4) is 11.1 Å². The number of anilines is 1. The predicted octanol–water partition coefficient (Wildman–Crippen LogP) is 4.14. The van der Waals surface area contributed by atoms with E-state index in [0.29, 0.717) is 5.56 Å². The Labute approximate surface area is 125 Å². The van der Waals surface area contributed by atoms with Crippen molar-refractivity contribution in [3.05, 3.63) is 53.6 Å². The maximum atomic E-state index is 13.2. The topological polar surface area (TPSA) is 40.5 Å². The van der Waals surface area contributed by atoms with E-state index in [1.54, 1.807) is 30.3 Å². The molecule has 0 amide bonds. The van der Waals surface area contributed by atoms with E-state index in [0.717, 1.165) is 6.07 Å². The molecule has 0 heterocycles. The van der Waals surface area contributed by atoms with E-state index in [9.17, 15) is 23.1 Å². The molecule has 0 radical (unpaired) electrons. The molecule has 0 fully saturated rings. The van der Waals surface area contributed by atoms with Crippen LogP contribution in [-0.4, -0.2) is 25.2 Å². The first-order chi connectivity index (χ1) is 10.2. The van der Waals surface area contributed by atoms with E-state index >= 15 is 0 Å². The summed E-state index contributed by atoms with van der Waals surface area (Å²) in [6.45, 7) is 0. The second kappa shape index (κ2) is 5.71. The number of halogens is 3. The summed E-state index contributed by atoms with van der Waals surface area (Å²) < 4.78 is 39.5. The maximum absolute atomic E-state index is 13.2. The van der Waals surface area contributed by atoms with E-state index in [1.807, 2.05) is 0 Å². The molecule has 0 bridgehead atoms. The van der Waals surface area contributed by atoms with Gasteiger partial charge in [-0.15, -0.1) is 0 Å². The number of alkyl halides is 3. The lowest BCUT2D eigenvalue weighted by Crippen LogP contribution is -2.21. The molecular formula is C16H14F3NO2. The van der Waals surface area contributed by atoms with Crippen molar-refractivity contribution in [2.45, 2.75) is 6.18 Å². The summed E-state index contributed by atoms with van der Waals surface area (Å²) in [5.41, 5.74) is -0.858. The molecule has 1 N–H and O–H groups in total. The molecule has 0 saturated carbocycles. The number of carboxylic acids is 1. The minimum atomic E-state index is -4.63. The molecule has 0 unspecified atom stereocenters. The Morgan fingerprint density at radius 3 is 2.09 bits per heavy atom. The van der Waals surface area contributed by atoms with Gasteiger partial charge in [0.25, 0.3) is 0 Å². The third-order valence-electron chi connectivity index (χ3n) is 3.23. The summed E-state index contributed by atoms with van der Waals surface area (Å²) in [6.07, 6.45) is -4.63. The van der Waals surface area contributed by atoms with E-state index in [-0.39, 0.29) is 16.8 Å². The lowest BCUT2D eigenvalue weighted by Gasteiger charge is -2.23. The number of nitrogens with zero attached hydrogens (tertiary/aromatic N) is 1. The van der Waals surface area contributed by atoms with Gasteiger partial charge in [0.1, 0.15) is 0 Å². The first-order valence-corrected chi connectivity index (χ1v) is 6.43. The standard InChI is InChI=1S/C16H14F3NO2/c1-20(2)14-12(16(17,18)19)9-8-11(13(14)15(21)22)10-6-4-3-5-7-10/h3-9H,1-2H3,(H,21,22). The summed E-state index contributed by atoms with van der Waals surface area (Å²) in [5, 5.41) is 9.45. The van der Waals surface area contributed by atoms with E-state index in [4.69, 9.17) is 0 Å². The number of benzene rings is 2. The minimum Gasteiger partial charge on any atom is -0.478 e. The summed E-state index contributed by atoms with van der Waals surface area (Å²) in [5.74, 6) is -1.39. The maximum Gasteiger partial charge on any atom is 0.418 e. The Hall–Kier alpha value is -2.50. The van der Waals surface area contributed by atoms with Gasteiger partial charge in [-0.25, -0.2) is 4.79 Å². The van der Waals surface area contributed by atoms with E-state index in [2.05, 4.69) is 0 Å². The first kappa shape index (κ1) is 15.9. The fourth-order valence-electron chi connectivity index (χ4n) is 2.36. The van der Waals surface area contributed by atoms with Gasteiger partial charge in [0, 0.05) is 14.1 Å². The highest BCUT2D eigenvalue weighted by Crippen LogP contribution is 2.41.